The topological polar surface area (TPSA) is 172 Å². The molecule has 0 atom stereocenters. The Hall–Kier alpha value is -5.45. The Balaban J connectivity index is 1.50. The number of nitrogens with one attached hydrogen (secondary N) is 3. The maximum atomic E-state index is 13.0. The number of hydrogen-bond donors (Lipinski definition) is 3. The van der Waals surface area contributed by atoms with Gasteiger partial charge in [0.2, 0.25) is 5.91 Å². The van der Waals surface area contributed by atoms with Crippen LogP contribution in [-0.2, 0) is 29.7 Å². The number of amides is 2. The number of aryl methyl sites for hydroxylation is 2. The monoisotopic (exact) mass is 644 g/mol. The summed E-state index contributed by atoms with van der Waals surface area (Å²) in [6.45, 7) is 4.91. The van der Waals surface area contributed by atoms with E-state index in [4.69, 9.17) is 4.18 Å². The van der Waals surface area contributed by atoms with Crippen molar-refractivity contribution in [3.05, 3.63) is 113 Å². The number of para-hydroxylation sites is 2. The molecule has 0 aliphatic heterocycles. The second-order valence-corrected chi connectivity index (χ2v) is 13.0. The third-order valence-corrected chi connectivity index (χ3v) is 9.00. The van der Waals surface area contributed by atoms with Gasteiger partial charge in [-0.15, -0.1) is 0 Å². The van der Waals surface area contributed by atoms with Gasteiger partial charge < -0.3 is 14.8 Å². The van der Waals surface area contributed by atoms with Crippen LogP contribution in [0.5, 0.6) is 5.75 Å². The Kier molecular flexibility index (Phi) is 9.71. The quantitative estimate of drug-likeness (QED) is 0.117. The van der Waals surface area contributed by atoms with Crippen molar-refractivity contribution in [1.29, 1.82) is 5.26 Å². The third kappa shape index (κ3) is 8.14. The van der Waals surface area contributed by atoms with E-state index in [0.717, 1.165) is 11.1 Å². The largest absolute Gasteiger partial charge is 0.378 e. The smallest absolute Gasteiger partial charge is 0.339 e. The van der Waals surface area contributed by atoms with Crippen LogP contribution in [0.2, 0.25) is 0 Å². The lowest BCUT2D eigenvalue weighted by Gasteiger charge is -2.13. The van der Waals surface area contributed by atoms with Crippen LogP contribution in [0, 0.1) is 25.2 Å². The van der Waals surface area contributed by atoms with Gasteiger partial charge in [-0.25, -0.2) is 8.42 Å². The van der Waals surface area contributed by atoms with Gasteiger partial charge in [-0.1, -0.05) is 36.4 Å². The average molecular weight is 645 g/mol. The lowest BCUT2D eigenvalue weighted by molar-refractivity contribution is -0.114. The van der Waals surface area contributed by atoms with Gasteiger partial charge in [-0.05, 0) is 85.6 Å². The van der Waals surface area contributed by atoms with E-state index in [1.54, 1.807) is 38.1 Å². The molecule has 3 N–H and O–H groups in total. The molecule has 0 fully saturated rings. The van der Waals surface area contributed by atoms with E-state index in [-0.39, 0.29) is 38.3 Å². The van der Waals surface area contributed by atoms with E-state index < -0.39 is 26.0 Å². The summed E-state index contributed by atoms with van der Waals surface area (Å²) in [6, 6.07) is 23.9. The van der Waals surface area contributed by atoms with E-state index in [9.17, 15) is 31.7 Å². The van der Waals surface area contributed by atoms with Crippen molar-refractivity contribution in [3.8, 4) is 11.8 Å². The number of hydrogen-bond acceptors (Lipinski definition) is 8. The van der Waals surface area contributed by atoms with Crippen LogP contribution in [0.15, 0.2) is 106 Å². The van der Waals surface area contributed by atoms with Crippen LogP contribution in [0.4, 0.5) is 17.1 Å². The maximum Gasteiger partial charge on any atom is 0.339 e. The molecule has 230 valence electrons. The minimum absolute atomic E-state index is 0.0313. The van der Waals surface area contributed by atoms with Gasteiger partial charge in [-0.2, -0.15) is 13.7 Å². The molecule has 13 heteroatoms. The molecule has 4 aromatic rings. The summed E-state index contributed by atoms with van der Waals surface area (Å²) in [7, 11) is -8.23. The van der Waals surface area contributed by atoms with Crippen molar-refractivity contribution < 1.29 is 30.6 Å². The van der Waals surface area contributed by atoms with Crippen LogP contribution in [0.25, 0.3) is 6.08 Å². The number of benzene rings is 4. The Morgan fingerprint density at radius 1 is 0.756 bits per heavy atom. The van der Waals surface area contributed by atoms with E-state index in [1.807, 2.05) is 6.07 Å². The zero-order valence-electron chi connectivity index (χ0n) is 24.4. The number of anilines is 3. The van der Waals surface area contributed by atoms with Crippen molar-refractivity contribution in [3.63, 3.8) is 0 Å². The van der Waals surface area contributed by atoms with Crippen LogP contribution in [0.1, 0.15) is 23.6 Å². The third-order valence-electron chi connectivity index (χ3n) is 6.39. The van der Waals surface area contributed by atoms with Gasteiger partial charge in [0, 0.05) is 23.9 Å². The Morgan fingerprint density at radius 2 is 1.31 bits per heavy atom. The zero-order valence-corrected chi connectivity index (χ0v) is 26.0. The molecule has 0 unspecified atom stereocenters. The molecule has 0 radical (unpaired) electrons. The molecule has 0 saturated carbocycles. The predicted octanol–water partition coefficient (Wildman–Crippen LogP) is 5.38. The first-order valence-electron chi connectivity index (χ1n) is 13.3. The highest BCUT2D eigenvalue weighted by molar-refractivity contribution is 7.92. The lowest BCUT2D eigenvalue weighted by atomic mass is 10.1. The molecule has 0 aliphatic carbocycles. The molecule has 4 rings (SSSR count). The number of nitriles is 1. The molecular weight excluding hydrogens is 617 g/mol. The Labute approximate surface area is 261 Å². The first-order valence-corrected chi connectivity index (χ1v) is 16.2. The van der Waals surface area contributed by atoms with E-state index in [1.165, 1.54) is 79.7 Å². The van der Waals surface area contributed by atoms with Crippen molar-refractivity contribution in [2.24, 2.45) is 0 Å². The fraction of sp³-hybridized carbons (Fsp3) is 0.0938. The number of carbonyl (C=O) groups excluding carboxylic acids is 2. The molecule has 0 heterocycles. The SMILES string of the molecule is CC(=O)Nc1ccc(S(=O)(=O)Oc2ccccc2C=C(C#N)C(=O)Nc2ccc(S(=O)(=O)Nc3c(C)cccc3C)cc2)cc1. The van der Waals surface area contributed by atoms with Gasteiger partial charge in [0.1, 0.15) is 22.3 Å². The van der Waals surface area contributed by atoms with E-state index in [2.05, 4.69) is 15.4 Å². The summed E-state index contributed by atoms with van der Waals surface area (Å²) in [5, 5.41) is 14.8. The van der Waals surface area contributed by atoms with E-state index >= 15 is 0 Å². The van der Waals surface area contributed by atoms with Gasteiger partial charge in [0.25, 0.3) is 15.9 Å². The highest BCUT2D eigenvalue weighted by atomic mass is 32.2. The molecule has 0 saturated heterocycles. The van der Waals surface area contributed by atoms with Crippen LogP contribution in [-0.4, -0.2) is 28.6 Å². The second-order valence-electron chi connectivity index (χ2n) is 9.80. The minimum atomic E-state index is -4.31. The molecule has 0 spiro atoms. The zero-order chi connectivity index (χ0) is 32.8. The van der Waals surface area contributed by atoms with Crippen LogP contribution >= 0.6 is 0 Å². The first kappa shape index (κ1) is 32.5. The highest BCUT2D eigenvalue weighted by Gasteiger charge is 2.20. The predicted molar refractivity (Wildman–Crippen MR) is 170 cm³/mol. The Bertz CT molecular complexity index is 2030. The molecule has 0 aliphatic rings. The average Bonchev–Trinajstić information content (AvgIpc) is 2.98. The van der Waals surface area contributed by atoms with Gasteiger partial charge in [-0.3, -0.25) is 14.3 Å². The highest BCUT2D eigenvalue weighted by Crippen LogP contribution is 2.27. The number of rotatable bonds is 10. The van der Waals surface area contributed by atoms with Crippen molar-refractivity contribution in [1.82, 2.24) is 0 Å². The van der Waals surface area contributed by atoms with E-state index in [0.29, 0.717) is 11.4 Å². The summed E-state index contributed by atoms with van der Waals surface area (Å²) in [4.78, 5) is 24.0. The summed E-state index contributed by atoms with van der Waals surface area (Å²) >= 11 is 0. The van der Waals surface area contributed by atoms with Crippen LogP contribution < -0.4 is 19.5 Å². The first-order chi connectivity index (χ1) is 21.3. The number of sulfonamides is 1. The van der Waals surface area contributed by atoms with Crippen LogP contribution in [0.3, 0.4) is 0 Å². The maximum absolute atomic E-state index is 13.0. The number of carbonyl (C=O) groups is 2. The fourth-order valence-corrected chi connectivity index (χ4v) is 6.30. The summed E-state index contributed by atoms with van der Waals surface area (Å²) in [6.07, 6.45) is 1.17. The molecular formula is C32H28N4O7S2. The lowest BCUT2D eigenvalue weighted by Crippen LogP contribution is -2.16. The normalized spacial score (nSPS) is 11.6. The van der Waals surface area contributed by atoms with Crippen molar-refractivity contribution in [2.45, 2.75) is 30.6 Å². The summed E-state index contributed by atoms with van der Waals surface area (Å²) < 4.78 is 59.7. The molecule has 2 amide bonds. The van der Waals surface area contributed by atoms with Gasteiger partial charge in [0.05, 0.1) is 10.6 Å². The second kappa shape index (κ2) is 13.5. The summed E-state index contributed by atoms with van der Waals surface area (Å²) in [5.74, 6) is -1.26. The summed E-state index contributed by atoms with van der Waals surface area (Å²) in [5.41, 5.74) is 2.41. The van der Waals surface area contributed by atoms with Gasteiger partial charge in [0.15, 0.2) is 0 Å². The molecule has 4 aromatic carbocycles. The van der Waals surface area contributed by atoms with Crippen molar-refractivity contribution in [2.75, 3.05) is 15.4 Å². The fourth-order valence-electron chi connectivity index (χ4n) is 4.14. The molecule has 0 bridgehead atoms. The molecule has 0 aromatic heterocycles. The van der Waals surface area contributed by atoms with Gasteiger partial charge >= 0.3 is 10.1 Å². The standard InChI is InChI=1S/C32H28N4O7S2/c1-21-7-6-8-22(2)31(21)36-44(39,40)28-15-11-27(12-16-28)35-32(38)25(20-33)19-24-9-4-5-10-30(24)43-45(41,42)29-17-13-26(14-18-29)34-23(3)37/h4-19,36H,1-3H3,(H,34,37)(H,35,38). The van der Waals surface area contributed by atoms with Crippen molar-refractivity contribution >= 4 is 55.1 Å². The minimum Gasteiger partial charge on any atom is -0.378 e. The molecule has 45 heavy (non-hydrogen) atoms. The molecule has 11 nitrogen and oxygen atoms in total. The number of nitrogens with zero attached hydrogens (tertiary/aromatic N) is 1. The Morgan fingerprint density at radius 3 is 1.89 bits per heavy atom.